The Kier molecular flexibility index (Phi) is 5.96. The molecule has 0 spiro atoms. The van der Waals surface area contributed by atoms with Crippen LogP contribution in [0.1, 0.15) is 22.8 Å². The SMILES string of the molecule is COc1ccc(OC)c2c1CN(C(=S)NCCc1ccccc1)C[C@H]2O. The molecule has 0 aromatic heterocycles. The molecule has 2 aromatic carbocycles. The Labute approximate surface area is 159 Å². The molecule has 138 valence electrons. The summed E-state index contributed by atoms with van der Waals surface area (Å²) in [4.78, 5) is 1.97. The molecule has 0 unspecified atom stereocenters. The lowest BCUT2D eigenvalue weighted by molar-refractivity contribution is 0.122. The summed E-state index contributed by atoms with van der Waals surface area (Å²) < 4.78 is 10.9. The van der Waals surface area contributed by atoms with Gasteiger partial charge in [-0.15, -0.1) is 0 Å². The molecule has 26 heavy (non-hydrogen) atoms. The number of aliphatic hydroxyl groups is 1. The van der Waals surface area contributed by atoms with Crippen molar-refractivity contribution in [2.24, 2.45) is 0 Å². The average molecular weight is 372 g/mol. The Balaban J connectivity index is 1.68. The maximum atomic E-state index is 10.7. The minimum absolute atomic E-state index is 0.424. The molecular weight excluding hydrogens is 348 g/mol. The number of rotatable bonds is 5. The number of nitrogens with one attached hydrogen (secondary N) is 1. The van der Waals surface area contributed by atoms with E-state index in [1.165, 1.54) is 5.56 Å². The van der Waals surface area contributed by atoms with E-state index in [1.807, 2.05) is 35.2 Å². The fourth-order valence-corrected chi connectivity index (χ4v) is 3.54. The fourth-order valence-electron chi connectivity index (χ4n) is 3.30. The largest absolute Gasteiger partial charge is 0.496 e. The lowest BCUT2D eigenvalue weighted by Gasteiger charge is -2.35. The van der Waals surface area contributed by atoms with Gasteiger partial charge in [0.2, 0.25) is 0 Å². The number of hydrogen-bond donors (Lipinski definition) is 2. The molecule has 1 heterocycles. The van der Waals surface area contributed by atoms with Crippen molar-refractivity contribution >= 4 is 17.3 Å². The van der Waals surface area contributed by atoms with Crippen LogP contribution in [-0.4, -0.2) is 42.4 Å². The first-order valence-electron chi connectivity index (χ1n) is 8.62. The van der Waals surface area contributed by atoms with E-state index in [0.717, 1.165) is 29.8 Å². The number of methoxy groups -OCH3 is 2. The van der Waals surface area contributed by atoms with Gasteiger partial charge in [0, 0.05) is 24.2 Å². The molecule has 1 atom stereocenters. The first kappa shape index (κ1) is 18.5. The zero-order valence-corrected chi connectivity index (χ0v) is 15.9. The molecule has 0 fully saturated rings. The summed E-state index contributed by atoms with van der Waals surface area (Å²) in [5.74, 6) is 1.41. The Morgan fingerprint density at radius 3 is 2.54 bits per heavy atom. The quantitative estimate of drug-likeness (QED) is 0.787. The van der Waals surface area contributed by atoms with Gasteiger partial charge >= 0.3 is 0 Å². The predicted octanol–water partition coefficient (Wildman–Crippen LogP) is 2.67. The monoisotopic (exact) mass is 372 g/mol. The summed E-state index contributed by atoms with van der Waals surface area (Å²) in [7, 11) is 3.24. The van der Waals surface area contributed by atoms with Crippen molar-refractivity contribution in [2.75, 3.05) is 27.3 Å². The summed E-state index contributed by atoms with van der Waals surface area (Å²) in [6, 6.07) is 14.0. The summed E-state index contributed by atoms with van der Waals surface area (Å²) in [6.07, 6.45) is 0.211. The van der Waals surface area contributed by atoms with Crippen LogP contribution in [0.3, 0.4) is 0 Å². The summed E-state index contributed by atoms with van der Waals surface area (Å²) in [5.41, 5.74) is 2.96. The lowest BCUT2D eigenvalue weighted by atomic mass is 9.95. The topological polar surface area (TPSA) is 54.0 Å². The van der Waals surface area contributed by atoms with Crippen LogP contribution < -0.4 is 14.8 Å². The Bertz CT molecular complexity index is 767. The molecular formula is C20H24N2O3S. The normalized spacial score (nSPS) is 16.0. The number of thiocarbonyl (C=S) groups is 1. The second-order valence-electron chi connectivity index (χ2n) is 6.23. The molecule has 0 amide bonds. The molecule has 2 aromatic rings. The van der Waals surface area contributed by atoms with Crippen LogP contribution in [0, 0.1) is 0 Å². The van der Waals surface area contributed by atoms with E-state index in [2.05, 4.69) is 17.4 Å². The second-order valence-corrected chi connectivity index (χ2v) is 6.61. The van der Waals surface area contributed by atoms with Gasteiger partial charge in [0.05, 0.1) is 20.8 Å². The first-order valence-corrected chi connectivity index (χ1v) is 9.03. The van der Waals surface area contributed by atoms with E-state index < -0.39 is 6.10 Å². The van der Waals surface area contributed by atoms with E-state index in [4.69, 9.17) is 21.7 Å². The van der Waals surface area contributed by atoms with E-state index in [0.29, 0.717) is 24.0 Å². The van der Waals surface area contributed by atoms with Gasteiger partial charge in [0.25, 0.3) is 0 Å². The number of fused-ring (bicyclic) bond motifs is 1. The number of ether oxygens (including phenoxy) is 2. The predicted molar refractivity (Wildman–Crippen MR) is 106 cm³/mol. The molecule has 0 bridgehead atoms. The van der Waals surface area contributed by atoms with Crippen LogP contribution >= 0.6 is 12.2 Å². The van der Waals surface area contributed by atoms with Gasteiger partial charge in [-0.2, -0.15) is 0 Å². The van der Waals surface area contributed by atoms with Crippen molar-refractivity contribution in [2.45, 2.75) is 19.1 Å². The molecule has 2 N–H and O–H groups in total. The van der Waals surface area contributed by atoms with Crippen molar-refractivity contribution in [1.82, 2.24) is 10.2 Å². The van der Waals surface area contributed by atoms with E-state index in [9.17, 15) is 5.11 Å². The van der Waals surface area contributed by atoms with Crippen molar-refractivity contribution in [3.63, 3.8) is 0 Å². The van der Waals surface area contributed by atoms with Gasteiger partial charge in [0.1, 0.15) is 17.6 Å². The smallest absolute Gasteiger partial charge is 0.169 e. The minimum atomic E-state index is -0.683. The number of nitrogens with zero attached hydrogens (tertiary/aromatic N) is 1. The third kappa shape index (κ3) is 3.92. The molecule has 0 saturated carbocycles. The van der Waals surface area contributed by atoms with Crippen molar-refractivity contribution in [3.8, 4) is 11.5 Å². The molecule has 0 radical (unpaired) electrons. The number of benzene rings is 2. The standard InChI is InChI=1S/C20H24N2O3S/c1-24-17-8-9-18(25-2)19-15(17)12-22(13-16(19)23)20(26)21-11-10-14-6-4-3-5-7-14/h3-9,16,23H,10-13H2,1-2H3,(H,21,26)/t16-/m1/s1. The van der Waals surface area contributed by atoms with E-state index in [-0.39, 0.29) is 0 Å². The van der Waals surface area contributed by atoms with Crippen LogP contribution in [0.15, 0.2) is 42.5 Å². The van der Waals surface area contributed by atoms with E-state index >= 15 is 0 Å². The van der Waals surface area contributed by atoms with Gasteiger partial charge in [-0.05, 0) is 36.3 Å². The molecule has 3 rings (SSSR count). The number of β-amino-alcohol motifs (C(OH)–C–C–N with tert-alkyl or cyclic N) is 1. The van der Waals surface area contributed by atoms with Crippen LogP contribution in [0.2, 0.25) is 0 Å². The van der Waals surface area contributed by atoms with Crippen LogP contribution in [-0.2, 0) is 13.0 Å². The van der Waals surface area contributed by atoms with Gasteiger partial charge in [-0.3, -0.25) is 0 Å². The fraction of sp³-hybridized carbons (Fsp3) is 0.350. The molecule has 1 aliphatic rings. The lowest BCUT2D eigenvalue weighted by Crippen LogP contribution is -2.44. The molecule has 6 heteroatoms. The zero-order valence-electron chi connectivity index (χ0n) is 15.1. The molecule has 0 saturated heterocycles. The van der Waals surface area contributed by atoms with E-state index in [1.54, 1.807) is 14.2 Å². The third-order valence-corrected chi connectivity index (χ3v) is 5.01. The maximum absolute atomic E-state index is 10.7. The third-order valence-electron chi connectivity index (χ3n) is 4.61. The van der Waals surface area contributed by atoms with Gasteiger partial charge in [-0.25, -0.2) is 0 Å². The highest BCUT2D eigenvalue weighted by Crippen LogP contribution is 2.39. The van der Waals surface area contributed by atoms with Crippen LogP contribution in [0.25, 0.3) is 0 Å². The minimum Gasteiger partial charge on any atom is -0.496 e. The highest BCUT2D eigenvalue weighted by Gasteiger charge is 2.30. The first-order chi connectivity index (χ1) is 12.6. The van der Waals surface area contributed by atoms with Crippen molar-refractivity contribution in [3.05, 3.63) is 59.2 Å². The molecule has 5 nitrogen and oxygen atoms in total. The second kappa shape index (κ2) is 8.38. The van der Waals surface area contributed by atoms with Crippen molar-refractivity contribution < 1.29 is 14.6 Å². The Morgan fingerprint density at radius 2 is 1.85 bits per heavy atom. The summed E-state index contributed by atoms with van der Waals surface area (Å²) in [6.45, 7) is 1.75. The average Bonchev–Trinajstić information content (AvgIpc) is 2.67. The number of aliphatic hydroxyl groups excluding tert-OH is 1. The van der Waals surface area contributed by atoms with Gasteiger partial charge in [0.15, 0.2) is 5.11 Å². The van der Waals surface area contributed by atoms with Gasteiger partial charge < -0.3 is 24.8 Å². The Hall–Kier alpha value is -2.31. The summed E-state index contributed by atoms with van der Waals surface area (Å²) >= 11 is 5.54. The number of hydrogen-bond acceptors (Lipinski definition) is 4. The van der Waals surface area contributed by atoms with Crippen LogP contribution in [0.5, 0.6) is 11.5 Å². The highest BCUT2D eigenvalue weighted by atomic mass is 32.1. The van der Waals surface area contributed by atoms with Crippen LogP contribution in [0.4, 0.5) is 0 Å². The van der Waals surface area contributed by atoms with Gasteiger partial charge in [-0.1, -0.05) is 30.3 Å². The summed E-state index contributed by atoms with van der Waals surface area (Å²) in [5, 5.41) is 14.6. The highest BCUT2D eigenvalue weighted by molar-refractivity contribution is 7.80. The maximum Gasteiger partial charge on any atom is 0.169 e. The van der Waals surface area contributed by atoms with Crippen molar-refractivity contribution in [1.29, 1.82) is 0 Å². The molecule has 0 aliphatic carbocycles. The Morgan fingerprint density at radius 1 is 1.15 bits per heavy atom. The zero-order chi connectivity index (χ0) is 18.5. The molecule has 1 aliphatic heterocycles.